The first-order valence-electron chi connectivity index (χ1n) is 8.90. The van der Waals surface area contributed by atoms with Crippen molar-refractivity contribution in [3.8, 4) is 23.1 Å². The number of phenolic OH excluding ortho intramolecular Hbond substituents is 1. The van der Waals surface area contributed by atoms with Crippen molar-refractivity contribution in [1.82, 2.24) is 10.4 Å². The molecule has 3 rings (SSSR count). The Labute approximate surface area is 175 Å². The smallest absolute Gasteiger partial charge is 0.416 e. The molecule has 156 valence electrons. The number of alkyl halides is 3. The lowest BCUT2D eigenvalue weighted by atomic mass is 10.1. The normalized spacial score (nSPS) is 11.3. The zero-order chi connectivity index (χ0) is 22.6. The minimum absolute atomic E-state index is 0.0393. The molecule has 0 bridgehead atoms. The molecule has 0 aliphatic rings. The fourth-order valence-electron chi connectivity index (χ4n) is 2.74. The molecular weight excluding hydrogens is 409 g/mol. The van der Waals surface area contributed by atoms with E-state index in [9.17, 15) is 23.1 Å². The zero-order valence-corrected chi connectivity index (χ0v) is 16.1. The number of aromatic nitrogens is 1. The van der Waals surface area contributed by atoms with Crippen molar-refractivity contribution < 1.29 is 23.1 Å². The van der Waals surface area contributed by atoms with Gasteiger partial charge in [0.15, 0.2) is 0 Å². The number of aromatic hydroxyl groups is 1. The number of amides is 1. The number of benzene rings is 2. The van der Waals surface area contributed by atoms with Crippen LogP contribution in [0.25, 0.3) is 11.3 Å². The van der Waals surface area contributed by atoms with E-state index in [1.165, 1.54) is 36.5 Å². The Kier molecular flexibility index (Phi) is 6.02. The van der Waals surface area contributed by atoms with E-state index in [4.69, 9.17) is 5.26 Å². The number of aryl methyl sites for hydroxylation is 1. The highest BCUT2D eigenvalue weighted by Gasteiger charge is 2.30. The van der Waals surface area contributed by atoms with Crippen LogP contribution in [0.4, 0.5) is 13.2 Å². The number of nitrogens with one attached hydrogen (secondary N) is 1. The molecule has 2 N–H and O–H groups in total. The van der Waals surface area contributed by atoms with E-state index in [1.54, 1.807) is 25.1 Å². The summed E-state index contributed by atoms with van der Waals surface area (Å²) in [6.45, 7) is 1.73. The molecule has 1 heterocycles. The number of nitriles is 1. The van der Waals surface area contributed by atoms with E-state index >= 15 is 0 Å². The van der Waals surface area contributed by atoms with Crippen molar-refractivity contribution in [1.29, 1.82) is 5.26 Å². The Bertz CT molecular complexity index is 1200. The van der Waals surface area contributed by atoms with Crippen LogP contribution in [0.5, 0.6) is 5.75 Å². The molecule has 9 heteroatoms. The molecule has 0 spiro atoms. The summed E-state index contributed by atoms with van der Waals surface area (Å²) in [6, 6.07) is 13.6. The lowest BCUT2D eigenvalue weighted by Gasteiger charge is -2.08. The van der Waals surface area contributed by atoms with Gasteiger partial charge in [-0.3, -0.25) is 9.78 Å². The molecule has 0 saturated carbocycles. The van der Waals surface area contributed by atoms with Crippen LogP contribution < -0.4 is 5.43 Å². The number of rotatable bonds is 4. The minimum atomic E-state index is -4.42. The Morgan fingerprint density at radius 2 is 1.87 bits per heavy atom. The fraction of sp³-hybridized carbons (Fsp3) is 0.0909. The number of pyridine rings is 1. The van der Waals surface area contributed by atoms with E-state index in [0.29, 0.717) is 22.5 Å². The van der Waals surface area contributed by atoms with Crippen molar-refractivity contribution in [3.63, 3.8) is 0 Å². The van der Waals surface area contributed by atoms with E-state index in [-0.39, 0.29) is 16.9 Å². The average molecular weight is 424 g/mol. The summed E-state index contributed by atoms with van der Waals surface area (Å²) in [4.78, 5) is 16.5. The van der Waals surface area contributed by atoms with Gasteiger partial charge in [-0.05, 0) is 55.0 Å². The van der Waals surface area contributed by atoms with Crippen LogP contribution in [0.1, 0.15) is 32.7 Å². The number of hydrogen-bond donors (Lipinski definition) is 2. The summed E-state index contributed by atoms with van der Waals surface area (Å²) in [5.74, 6) is -0.813. The summed E-state index contributed by atoms with van der Waals surface area (Å²) < 4.78 is 38.2. The minimum Gasteiger partial charge on any atom is -0.507 e. The first-order chi connectivity index (χ1) is 14.7. The first-order valence-corrected chi connectivity index (χ1v) is 8.90. The first kappa shape index (κ1) is 21.5. The van der Waals surface area contributed by atoms with Gasteiger partial charge in [0.2, 0.25) is 0 Å². The average Bonchev–Trinajstić information content (AvgIpc) is 2.73. The molecule has 31 heavy (non-hydrogen) atoms. The van der Waals surface area contributed by atoms with Gasteiger partial charge in [-0.25, -0.2) is 5.43 Å². The van der Waals surface area contributed by atoms with Crippen molar-refractivity contribution in [2.24, 2.45) is 5.10 Å². The molecule has 1 aromatic heterocycles. The second kappa shape index (κ2) is 8.67. The van der Waals surface area contributed by atoms with Crippen LogP contribution in [0.2, 0.25) is 0 Å². The number of hydrogen-bond acceptors (Lipinski definition) is 5. The molecule has 0 unspecified atom stereocenters. The SMILES string of the molecule is Cc1cc(C=NNC(=O)c2ccc(O)c(C#N)c2)cc(-c2ccc(C(F)(F)F)cc2)n1. The second-order valence-corrected chi connectivity index (χ2v) is 6.55. The van der Waals surface area contributed by atoms with Gasteiger partial charge in [-0.1, -0.05) is 12.1 Å². The molecule has 0 radical (unpaired) electrons. The van der Waals surface area contributed by atoms with Gasteiger partial charge in [-0.15, -0.1) is 0 Å². The molecule has 2 aromatic carbocycles. The summed E-state index contributed by atoms with van der Waals surface area (Å²) in [6.07, 6.45) is -3.05. The van der Waals surface area contributed by atoms with Crippen molar-refractivity contribution in [2.45, 2.75) is 13.1 Å². The molecular formula is C22H15F3N4O2. The Morgan fingerprint density at radius 3 is 2.52 bits per heavy atom. The predicted octanol–water partition coefficient (Wildman–Crippen LogP) is 4.42. The highest BCUT2D eigenvalue weighted by molar-refractivity contribution is 5.95. The summed E-state index contributed by atoms with van der Waals surface area (Å²) in [7, 11) is 0. The maximum atomic E-state index is 12.7. The largest absolute Gasteiger partial charge is 0.507 e. The van der Waals surface area contributed by atoms with Crippen LogP contribution in [-0.2, 0) is 6.18 Å². The third-order valence-corrected chi connectivity index (χ3v) is 4.24. The quantitative estimate of drug-likeness (QED) is 0.479. The number of nitrogens with zero attached hydrogens (tertiary/aromatic N) is 3. The van der Waals surface area contributed by atoms with Crippen molar-refractivity contribution in [2.75, 3.05) is 0 Å². The molecule has 0 saturated heterocycles. The summed E-state index contributed by atoms with van der Waals surface area (Å²) in [5.41, 5.74) is 3.82. The van der Waals surface area contributed by atoms with Gasteiger partial charge in [0.05, 0.1) is 23.0 Å². The lowest BCUT2D eigenvalue weighted by Crippen LogP contribution is -2.17. The third-order valence-electron chi connectivity index (χ3n) is 4.24. The van der Waals surface area contributed by atoms with Crippen molar-refractivity contribution in [3.05, 3.63) is 82.5 Å². The number of phenols is 1. The topological polar surface area (TPSA) is 98.4 Å². The van der Waals surface area contributed by atoms with Crippen molar-refractivity contribution >= 4 is 12.1 Å². The van der Waals surface area contributed by atoms with Gasteiger partial charge in [0.1, 0.15) is 11.8 Å². The Balaban J connectivity index is 1.77. The lowest BCUT2D eigenvalue weighted by molar-refractivity contribution is -0.137. The standard InChI is InChI=1S/C22H15F3N4O2/c1-13-8-14(9-19(28-13)15-2-5-18(6-3-15)22(23,24)25)12-27-29-21(31)16-4-7-20(30)17(10-16)11-26/h2-10,12,30H,1H3,(H,29,31). The Morgan fingerprint density at radius 1 is 1.16 bits per heavy atom. The van der Waals surface area contributed by atoms with Gasteiger partial charge in [0.25, 0.3) is 5.91 Å². The van der Waals surface area contributed by atoms with Gasteiger partial charge < -0.3 is 5.11 Å². The number of carbonyl (C=O) groups is 1. The summed E-state index contributed by atoms with van der Waals surface area (Å²) in [5, 5.41) is 22.3. The monoisotopic (exact) mass is 424 g/mol. The highest BCUT2D eigenvalue weighted by Crippen LogP contribution is 2.30. The predicted molar refractivity (Wildman–Crippen MR) is 107 cm³/mol. The maximum Gasteiger partial charge on any atom is 0.416 e. The van der Waals surface area contributed by atoms with Crippen LogP contribution in [-0.4, -0.2) is 22.2 Å². The van der Waals surface area contributed by atoms with Gasteiger partial charge >= 0.3 is 6.18 Å². The van der Waals surface area contributed by atoms with E-state index in [1.807, 2.05) is 0 Å². The van der Waals surface area contributed by atoms with Crippen LogP contribution >= 0.6 is 0 Å². The molecule has 0 aliphatic heterocycles. The van der Waals surface area contributed by atoms with E-state index in [0.717, 1.165) is 12.1 Å². The zero-order valence-electron chi connectivity index (χ0n) is 16.1. The van der Waals surface area contributed by atoms with Crippen LogP contribution in [0.3, 0.4) is 0 Å². The van der Waals surface area contributed by atoms with Gasteiger partial charge in [-0.2, -0.15) is 23.5 Å². The Hall–Kier alpha value is -4.19. The van der Waals surface area contributed by atoms with Crippen LogP contribution in [0, 0.1) is 18.3 Å². The maximum absolute atomic E-state index is 12.7. The fourth-order valence-corrected chi connectivity index (χ4v) is 2.74. The van der Waals surface area contributed by atoms with E-state index in [2.05, 4.69) is 15.5 Å². The highest BCUT2D eigenvalue weighted by atomic mass is 19.4. The number of carbonyl (C=O) groups excluding carboxylic acids is 1. The molecule has 6 nitrogen and oxygen atoms in total. The molecule has 0 atom stereocenters. The number of halogens is 3. The molecule has 3 aromatic rings. The molecule has 0 fully saturated rings. The summed E-state index contributed by atoms with van der Waals surface area (Å²) >= 11 is 0. The molecule has 1 amide bonds. The molecule has 0 aliphatic carbocycles. The third kappa shape index (κ3) is 5.25. The van der Waals surface area contributed by atoms with Crippen LogP contribution in [0.15, 0.2) is 59.7 Å². The van der Waals surface area contributed by atoms with Gasteiger partial charge in [0, 0.05) is 16.8 Å². The van der Waals surface area contributed by atoms with E-state index < -0.39 is 17.6 Å². The second-order valence-electron chi connectivity index (χ2n) is 6.55. The number of hydrazone groups is 1.